The minimum Gasteiger partial charge on any atom is -0.480 e. The fourth-order valence-electron chi connectivity index (χ4n) is 2.63. The number of carbonyl (C=O) groups excluding carboxylic acids is 2. The molecule has 4 nitrogen and oxygen atoms in total. The number of benzene rings is 2. The number of carbonyl (C=O) groups is 2. The third kappa shape index (κ3) is 5.13. The first-order chi connectivity index (χ1) is 12.2. The van der Waals surface area contributed by atoms with Crippen LogP contribution >= 0.6 is 34.8 Å². The van der Waals surface area contributed by atoms with Gasteiger partial charge in [0.05, 0.1) is 15.1 Å². The molecule has 0 aromatic heterocycles. The van der Waals surface area contributed by atoms with Crippen LogP contribution in [0.4, 0.5) is 0 Å². The normalized spacial score (nSPS) is 10.5. The largest absolute Gasteiger partial charge is 0.480 e. The number of hydrogen-bond donors (Lipinski definition) is 0. The molecule has 26 heavy (non-hydrogen) atoms. The van der Waals surface area contributed by atoms with E-state index in [2.05, 4.69) is 0 Å². The quantitative estimate of drug-likeness (QED) is 0.361. The van der Waals surface area contributed by atoms with Gasteiger partial charge in [0.25, 0.3) is 0 Å². The number of halogens is 3. The number of ketones is 1. The molecule has 2 aromatic carbocycles. The van der Waals surface area contributed by atoms with E-state index >= 15 is 0 Å². The fourth-order valence-corrected chi connectivity index (χ4v) is 3.22. The lowest BCUT2D eigenvalue weighted by atomic mass is 9.97. The van der Waals surface area contributed by atoms with Gasteiger partial charge in [-0.05, 0) is 38.0 Å². The van der Waals surface area contributed by atoms with E-state index in [-0.39, 0.29) is 33.2 Å². The monoisotopic (exact) mass is 414 g/mol. The molecule has 0 heterocycles. The highest BCUT2D eigenvalue weighted by Crippen LogP contribution is 2.33. The van der Waals surface area contributed by atoms with E-state index in [9.17, 15) is 9.59 Å². The molecule has 0 saturated heterocycles. The molecule has 138 valence electrons. The van der Waals surface area contributed by atoms with Gasteiger partial charge < -0.3 is 9.47 Å². The molecule has 0 aliphatic heterocycles. The molecule has 0 atom stereocenters. The summed E-state index contributed by atoms with van der Waals surface area (Å²) >= 11 is 17.7. The van der Waals surface area contributed by atoms with E-state index in [1.807, 2.05) is 32.9 Å². The predicted molar refractivity (Wildman–Crippen MR) is 103 cm³/mol. The van der Waals surface area contributed by atoms with Gasteiger partial charge in [-0.1, -0.05) is 52.5 Å². The summed E-state index contributed by atoms with van der Waals surface area (Å²) in [4.78, 5) is 24.2. The van der Waals surface area contributed by atoms with Crippen molar-refractivity contribution in [1.29, 1.82) is 0 Å². The predicted octanol–water partition coefficient (Wildman–Crippen LogP) is 5.38. The van der Waals surface area contributed by atoms with Crippen LogP contribution in [0.5, 0.6) is 5.75 Å². The lowest BCUT2D eigenvalue weighted by Crippen LogP contribution is -2.20. The first kappa shape index (κ1) is 20.6. The molecule has 0 saturated carbocycles. The van der Waals surface area contributed by atoms with Crippen LogP contribution in [0, 0.1) is 20.8 Å². The first-order valence-electron chi connectivity index (χ1n) is 7.73. The van der Waals surface area contributed by atoms with Gasteiger partial charge in [0, 0.05) is 11.6 Å². The summed E-state index contributed by atoms with van der Waals surface area (Å²) in [6, 6.07) is 6.65. The molecule has 0 unspecified atom stereocenters. The van der Waals surface area contributed by atoms with Gasteiger partial charge >= 0.3 is 5.97 Å². The van der Waals surface area contributed by atoms with Crippen molar-refractivity contribution < 1.29 is 19.1 Å². The van der Waals surface area contributed by atoms with E-state index < -0.39 is 12.6 Å². The minimum atomic E-state index is -0.692. The second-order valence-corrected chi connectivity index (χ2v) is 7.06. The van der Waals surface area contributed by atoms with Gasteiger partial charge in [-0.25, -0.2) is 4.79 Å². The highest BCUT2D eigenvalue weighted by atomic mass is 35.5. The average Bonchev–Trinajstić information content (AvgIpc) is 2.54. The van der Waals surface area contributed by atoms with Crippen molar-refractivity contribution in [1.82, 2.24) is 0 Å². The van der Waals surface area contributed by atoms with Crippen molar-refractivity contribution in [3.63, 3.8) is 0 Å². The lowest BCUT2D eigenvalue weighted by Gasteiger charge is -2.11. The lowest BCUT2D eigenvalue weighted by molar-refractivity contribution is -0.144. The third-order valence-corrected chi connectivity index (χ3v) is 4.66. The van der Waals surface area contributed by atoms with Gasteiger partial charge in [0.1, 0.15) is 5.75 Å². The van der Waals surface area contributed by atoms with Crippen LogP contribution in [0.3, 0.4) is 0 Å². The molecule has 0 amide bonds. The Morgan fingerprint density at radius 2 is 1.42 bits per heavy atom. The van der Waals surface area contributed by atoms with Gasteiger partial charge in [-0.15, -0.1) is 0 Å². The van der Waals surface area contributed by atoms with Gasteiger partial charge in [0.2, 0.25) is 5.78 Å². The molecular weight excluding hydrogens is 399 g/mol. The standard InChI is InChI=1S/C19H17Cl3O4/c1-10-4-11(2)19(12(3)5-10)16(23)8-26-18(24)9-25-17-7-14(21)13(20)6-15(17)22/h4-7H,8-9H2,1-3H3. The zero-order valence-corrected chi connectivity index (χ0v) is 16.8. The summed E-state index contributed by atoms with van der Waals surface area (Å²) in [6.45, 7) is 4.90. The molecule has 0 bridgehead atoms. The Balaban J connectivity index is 1.93. The van der Waals surface area contributed by atoms with Crippen molar-refractivity contribution in [2.75, 3.05) is 13.2 Å². The highest BCUT2D eigenvalue weighted by Gasteiger charge is 2.16. The molecule has 0 aliphatic rings. The van der Waals surface area contributed by atoms with Crippen LogP contribution in [-0.4, -0.2) is 25.0 Å². The fraction of sp³-hybridized carbons (Fsp3) is 0.263. The molecular formula is C19H17Cl3O4. The zero-order chi connectivity index (χ0) is 19.4. The van der Waals surface area contributed by atoms with Gasteiger partial charge in [-0.2, -0.15) is 0 Å². The Labute approximate surface area is 167 Å². The van der Waals surface area contributed by atoms with Crippen LogP contribution < -0.4 is 4.74 Å². The molecule has 2 rings (SSSR count). The first-order valence-corrected chi connectivity index (χ1v) is 8.86. The van der Waals surface area contributed by atoms with Crippen molar-refractivity contribution in [3.05, 3.63) is 61.6 Å². The third-order valence-electron chi connectivity index (χ3n) is 3.64. The Morgan fingerprint density at radius 1 is 0.846 bits per heavy atom. The Morgan fingerprint density at radius 3 is 2.04 bits per heavy atom. The summed E-state index contributed by atoms with van der Waals surface area (Å²) < 4.78 is 10.3. The second kappa shape index (κ2) is 8.76. The molecule has 0 radical (unpaired) electrons. The number of esters is 1. The van der Waals surface area contributed by atoms with Gasteiger partial charge in [-0.3, -0.25) is 4.79 Å². The maximum absolute atomic E-state index is 12.3. The van der Waals surface area contributed by atoms with E-state index in [0.29, 0.717) is 5.56 Å². The SMILES string of the molecule is Cc1cc(C)c(C(=O)COC(=O)COc2cc(Cl)c(Cl)cc2Cl)c(C)c1. The van der Waals surface area contributed by atoms with Crippen molar-refractivity contribution in [2.45, 2.75) is 20.8 Å². The molecule has 0 fully saturated rings. The molecule has 7 heteroatoms. The van der Waals surface area contributed by atoms with E-state index in [0.717, 1.165) is 16.7 Å². The smallest absolute Gasteiger partial charge is 0.344 e. The summed E-state index contributed by atoms with van der Waals surface area (Å²) in [5, 5.41) is 0.746. The number of Topliss-reactive ketones (excluding diaryl/α,β-unsaturated/α-hetero) is 1. The zero-order valence-electron chi connectivity index (χ0n) is 14.5. The van der Waals surface area contributed by atoms with E-state index in [1.165, 1.54) is 12.1 Å². The van der Waals surface area contributed by atoms with Crippen molar-refractivity contribution in [3.8, 4) is 5.75 Å². The van der Waals surface area contributed by atoms with Crippen LogP contribution in [0.25, 0.3) is 0 Å². The summed E-state index contributed by atoms with van der Waals surface area (Å²) in [6.07, 6.45) is 0. The topological polar surface area (TPSA) is 52.6 Å². The minimum absolute atomic E-state index is 0.203. The Hall–Kier alpha value is -1.75. The maximum atomic E-state index is 12.3. The van der Waals surface area contributed by atoms with E-state index in [1.54, 1.807) is 0 Å². The summed E-state index contributed by atoms with van der Waals surface area (Å²) in [5.74, 6) is -0.751. The number of hydrogen-bond acceptors (Lipinski definition) is 4. The highest BCUT2D eigenvalue weighted by molar-refractivity contribution is 6.43. The summed E-state index contributed by atoms with van der Waals surface area (Å²) in [7, 11) is 0. The van der Waals surface area contributed by atoms with Crippen molar-refractivity contribution >= 4 is 46.6 Å². The Bertz CT molecular complexity index is 839. The van der Waals surface area contributed by atoms with E-state index in [4.69, 9.17) is 44.3 Å². The molecule has 0 aliphatic carbocycles. The second-order valence-electron chi connectivity index (χ2n) is 5.84. The van der Waals surface area contributed by atoms with Crippen LogP contribution in [0.2, 0.25) is 15.1 Å². The van der Waals surface area contributed by atoms with Crippen LogP contribution in [0.15, 0.2) is 24.3 Å². The average molecular weight is 416 g/mol. The molecule has 0 N–H and O–H groups in total. The molecule has 2 aromatic rings. The Kier molecular flexibility index (Phi) is 6.93. The number of rotatable bonds is 6. The maximum Gasteiger partial charge on any atom is 0.344 e. The molecule has 0 spiro atoms. The van der Waals surface area contributed by atoms with Crippen LogP contribution in [0.1, 0.15) is 27.0 Å². The van der Waals surface area contributed by atoms with Gasteiger partial charge in [0.15, 0.2) is 13.2 Å². The summed E-state index contributed by atoms with van der Waals surface area (Å²) in [5.41, 5.74) is 3.34. The van der Waals surface area contributed by atoms with Crippen molar-refractivity contribution in [2.24, 2.45) is 0 Å². The number of aryl methyl sites for hydroxylation is 3. The van der Waals surface area contributed by atoms with Crippen LogP contribution in [-0.2, 0) is 9.53 Å². The number of ether oxygens (including phenoxy) is 2.